The number of aryl methyl sites for hydroxylation is 1. The number of carbonyl (C=O) groups excluding carboxylic acids is 1. The van der Waals surface area contributed by atoms with Crippen LogP contribution < -0.4 is 5.32 Å². The van der Waals surface area contributed by atoms with Crippen molar-refractivity contribution in [1.82, 2.24) is 39.7 Å². The summed E-state index contributed by atoms with van der Waals surface area (Å²) in [4.78, 5) is 18.3. The van der Waals surface area contributed by atoms with Crippen LogP contribution in [0.15, 0.2) is 36.9 Å². The SMILES string of the molecule is CC(c1ccc(-n2cncn2)cc1)N(C)C(=O)NCc1nnc2n1CCCCC2. The second-order valence-corrected chi connectivity index (χ2v) is 7.37. The fraction of sp³-hybridized carbons (Fsp3) is 0.450. The largest absolute Gasteiger partial charge is 0.331 e. The Bertz CT molecular complexity index is 948. The van der Waals surface area contributed by atoms with E-state index in [4.69, 9.17) is 0 Å². The molecule has 0 radical (unpaired) electrons. The predicted octanol–water partition coefficient (Wildman–Crippen LogP) is 2.49. The lowest BCUT2D eigenvalue weighted by molar-refractivity contribution is 0.193. The number of hydrogen-bond acceptors (Lipinski definition) is 5. The van der Waals surface area contributed by atoms with Crippen molar-refractivity contribution in [3.8, 4) is 5.69 Å². The Morgan fingerprint density at radius 3 is 2.79 bits per heavy atom. The summed E-state index contributed by atoms with van der Waals surface area (Å²) in [5.41, 5.74) is 1.97. The zero-order valence-electron chi connectivity index (χ0n) is 16.8. The van der Waals surface area contributed by atoms with Gasteiger partial charge in [-0.05, 0) is 37.5 Å². The van der Waals surface area contributed by atoms with E-state index in [0.717, 1.165) is 48.7 Å². The predicted molar refractivity (Wildman–Crippen MR) is 107 cm³/mol. The zero-order chi connectivity index (χ0) is 20.2. The highest BCUT2D eigenvalue weighted by Gasteiger charge is 2.19. The lowest BCUT2D eigenvalue weighted by atomic mass is 10.1. The highest BCUT2D eigenvalue weighted by atomic mass is 16.2. The molecule has 1 N–H and O–H groups in total. The Kier molecular flexibility index (Phi) is 5.55. The average molecular weight is 394 g/mol. The molecule has 1 unspecified atom stereocenters. The Labute approximate surface area is 169 Å². The van der Waals surface area contributed by atoms with Crippen molar-refractivity contribution in [1.29, 1.82) is 0 Å². The maximum absolute atomic E-state index is 12.7. The summed E-state index contributed by atoms with van der Waals surface area (Å²) in [6, 6.07) is 7.74. The third kappa shape index (κ3) is 4.13. The molecule has 9 nitrogen and oxygen atoms in total. The minimum Gasteiger partial charge on any atom is -0.331 e. The highest BCUT2D eigenvalue weighted by Crippen LogP contribution is 2.20. The van der Waals surface area contributed by atoms with Crippen LogP contribution in [0.5, 0.6) is 0 Å². The van der Waals surface area contributed by atoms with Crippen LogP contribution in [-0.2, 0) is 19.5 Å². The first-order valence-electron chi connectivity index (χ1n) is 10.00. The smallest absolute Gasteiger partial charge is 0.318 e. The van der Waals surface area contributed by atoms with Crippen molar-refractivity contribution in [2.24, 2.45) is 0 Å². The van der Waals surface area contributed by atoms with Crippen molar-refractivity contribution in [2.45, 2.75) is 51.7 Å². The molecule has 0 aliphatic carbocycles. The van der Waals surface area contributed by atoms with Gasteiger partial charge in [0.1, 0.15) is 18.5 Å². The molecule has 0 spiro atoms. The van der Waals surface area contributed by atoms with Gasteiger partial charge < -0.3 is 14.8 Å². The maximum atomic E-state index is 12.7. The summed E-state index contributed by atoms with van der Waals surface area (Å²) in [5.74, 6) is 1.86. The van der Waals surface area contributed by atoms with Crippen molar-refractivity contribution >= 4 is 6.03 Å². The van der Waals surface area contributed by atoms with Crippen LogP contribution in [0.3, 0.4) is 0 Å². The van der Waals surface area contributed by atoms with E-state index in [1.54, 1.807) is 23.0 Å². The normalized spacial score (nSPS) is 14.7. The summed E-state index contributed by atoms with van der Waals surface area (Å²) >= 11 is 0. The number of aromatic nitrogens is 6. The minimum absolute atomic E-state index is 0.0738. The monoisotopic (exact) mass is 394 g/mol. The van der Waals surface area contributed by atoms with Crippen LogP contribution in [0, 0.1) is 0 Å². The molecule has 2 aromatic heterocycles. The number of urea groups is 1. The van der Waals surface area contributed by atoms with Crippen molar-refractivity contribution in [3.63, 3.8) is 0 Å². The van der Waals surface area contributed by atoms with E-state index in [1.165, 1.54) is 12.7 Å². The second-order valence-electron chi connectivity index (χ2n) is 7.37. The zero-order valence-corrected chi connectivity index (χ0v) is 16.8. The molecule has 1 aromatic carbocycles. The van der Waals surface area contributed by atoms with Crippen LogP contribution in [-0.4, -0.2) is 47.5 Å². The van der Waals surface area contributed by atoms with E-state index >= 15 is 0 Å². The van der Waals surface area contributed by atoms with Crippen molar-refractivity contribution in [3.05, 3.63) is 54.1 Å². The van der Waals surface area contributed by atoms with Gasteiger partial charge >= 0.3 is 6.03 Å². The molecule has 29 heavy (non-hydrogen) atoms. The van der Waals surface area contributed by atoms with Crippen molar-refractivity contribution < 1.29 is 4.79 Å². The molecule has 9 heteroatoms. The van der Waals surface area contributed by atoms with Crippen LogP contribution >= 0.6 is 0 Å². The fourth-order valence-corrected chi connectivity index (χ4v) is 3.60. The number of nitrogens with one attached hydrogen (secondary N) is 1. The number of carbonyl (C=O) groups is 1. The molecule has 2 amide bonds. The van der Waals surface area contributed by atoms with Gasteiger partial charge in [0.15, 0.2) is 5.82 Å². The molecular weight excluding hydrogens is 368 g/mol. The Morgan fingerprint density at radius 2 is 2.03 bits per heavy atom. The number of amides is 2. The highest BCUT2D eigenvalue weighted by molar-refractivity contribution is 5.74. The molecule has 4 rings (SSSR count). The first-order chi connectivity index (χ1) is 14.1. The van der Waals surface area contributed by atoms with Gasteiger partial charge in [0.05, 0.1) is 18.3 Å². The molecule has 1 aliphatic heterocycles. The molecular formula is C20H26N8O. The van der Waals surface area contributed by atoms with Crippen LogP contribution in [0.1, 0.15) is 49.4 Å². The summed E-state index contributed by atoms with van der Waals surface area (Å²) in [6.45, 7) is 3.32. The minimum atomic E-state index is -0.135. The molecule has 152 valence electrons. The molecule has 1 atom stereocenters. The van der Waals surface area contributed by atoms with Gasteiger partial charge in [0.2, 0.25) is 0 Å². The lowest BCUT2D eigenvalue weighted by Crippen LogP contribution is -2.38. The Balaban J connectivity index is 1.37. The van der Waals surface area contributed by atoms with E-state index in [2.05, 4.69) is 30.2 Å². The van der Waals surface area contributed by atoms with E-state index in [9.17, 15) is 4.79 Å². The summed E-state index contributed by atoms with van der Waals surface area (Å²) in [6.07, 6.45) is 7.62. The standard InChI is InChI=1S/C20H26N8O/c1-15(16-7-9-17(10-8-16)28-14-21-13-23-28)26(2)20(29)22-12-19-25-24-18-6-4-3-5-11-27(18)19/h7-10,13-15H,3-6,11-12H2,1-2H3,(H,22,29). The first kappa shape index (κ1) is 19.1. The van der Waals surface area contributed by atoms with Gasteiger partial charge in [-0.25, -0.2) is 14.5 Å². The third-order valence-electron chi connectivity index (χ3n) is 5.54. The van der Waals surface area contributed by atoms with Gasteiger partial charge in [-0.2, -0.15) is 5.10 Å². The van der Waals surface area contributed by atoms with Gasteiger partial charge in [0.25, 0.3) is 0 Å². The molecule has 0 saturated carbocycles. The van der Waals surface area contributed by atoms with Gasteiger partial charge in [-0.1, -0.05) is 18.6 Å². The fourth-order valence-electron chi connectivity index (χ4n) is 3.60. The van der Waals surface area contributed by atoms with E-state index in [1.807, 2.05) is 31.2 Å². The summed E-state index contributed by atoms with van der Waals surface area (Å²) in [5, 5.41) is 15.7. The van der Waals surface area contributed by atoms with E-state index in [0.29, 0.717) is 6.54 Å². The third-order valence-corrected chi connectivity index (χ3v) is 5.54. The molecule has 3 aromatic rings. The van der Waals surface area contributed by atoms with Crippen molar-refractivity contribution in [2.75, 3.05) is 7.05 Å². The molecule has 0 bridgehead atoms. The number of nitrogens with zero attached hydrogens (tertiary/aromatic N) is 7. The molecule has 0 fully saturated rings. The second kappa shape index (κ2) is 8.42. The Hall–Kier alpha value is -3.23. The number of fused-ring (bicyclic) bond motifs is 1. The van der Waals surface area contributed by atoms with E-state index in [-0.39, 0.29) is 12.1 Å². The molecule has 3 heterocycles. The van der Waals surface area contributed by atoms with Gasteiger partial charge in [-0.15, -0.1) is 10.2 Å². The van der Waals surface area contributed by atoms with Crippen LogP contribution in [0.4, 0.5) is 4.79 Å². The number of hydrogen-bond donors (Lipinski definition) is 1. The quantitative estimate of drug-likeness (QED) is 0.718. The average Bonchev–Trinajstić information content (AvgIpc) is 3.36. The van der Waals surface area contributed by atoms with E-state index < -0.39 is 0 Å². The number of rotatable bonds is 5. The summed E-state index contributed by atoms with van der Waals surface area (Å²) in [7, 11) is 1.80. The first-order valence-corrected chi connectivity index (χ1v) is 10.00. The Morgan fingerprint density at radius 1 is 1.21 bits per heavy atom. The summed E-state index contributed by atoms with van der Waals surface area (Å²) < 4.78 is 3.85. The van der Waals surface area contributed by atoms with Crippen LogP contribution in [0.2, 0.25) is 0 Å². The molecule has 1 aliphatic rings. The molecule has 0 saturated heterocycles. The van der Waals surface area contributed by atoms with Gasteiger partial charge in [-0.3, -0.25) is 0 Å². The number of benzene rings is 1. The van der Waals surface area contributed by atoms with Crippen LogP contribution in [0.25, 0.3) is 5.69 Å². The lowest BCUT2D eigenvalue weighted by Gasteiger charge is -2.25. The topological polar surface area (TPSA) is 93.8 Å². The maximum Gasteiger partial charge on any atom is 0.318 e. The van der Waals surface area contributed by atoms with Gasteiger partial charge in [0, 0.05) is 20.0 Å².